The van der Waals surface area contributed by atoms with Crippen LogP contribution >= 0.6 is 11.8 Å². The number of carbonyl (C=O) groups excluding carboxylic acids is 2. The zero-order valence-corrected chi connectivity index (χ0v) is 15.2. The van der Waals surface area contributed by atoms with Crippen molar-refractivity contribution in [2.24, 2.45) is 5.10 Å². The fraction of sp³-hybridized carbons (Fsp3) is 0.438. The Labute approximate surface area is 157 Å². The number of benzene rings is 1. The van der Waals surface area contributed by atoms with Gasteiger partial charge in [-0.15, -0.1) is 5.10 Å². The molecule has 0 bridgehead atoms. The molecule has 2 rings (SSSR count). The highest BCUT2D eigenvalue weighted by atomic mass is 32.2. The molecular weight excluding hydrogens is 387 g/mol. The minimum Gasteiger partial charge on any atom is -0.452 e. The Hall–Kier alpha value is -2.27. The van der Waals surface area contributed by atoms with E-state index in [0.717, 1.165) is 18.2 Å². The van der Waals surface area contributed by atoms with Crippen molar-refractivity contribution in [2.45, 2.75) is 26.1 Å². The summed E-state index contributed by atoms with van der Waals surface area (Å²) in [5, 5.41) is 6.80. The summed E-state index contributed by atoms with van der Waals surface area (Å²) in [5.74, 6) is -1.40. The monoisotopic (exact) mass is 405 g/mol. The summed E-state index contributed by atoms with van der Waals surface area (Å²) >= 11 is 1.03. The third kappa shape index (κ3) is 6.75. The molecule has 0 unspecified atom stereocenters. The van der Waals surface area contributed by atoms with Crippen molar-refractivity contribution in [3.05, 3.63) is 29.8 Å². The molecule has 0 aromatic heterocycles. The normalized spacial score (nSPS) is 14.7. The predicted molar refractivity (Wildman–Crippen MR) is 94.2 cm³/mol. The predicted octanol–water partition coefficient (Wildman–Crippen LogP) is 3.57. The van der Waals surface area contributed by atoms with Crippen LogP contribution in [0.25, 0.3) is 0 Å². The molecule has 1 aromatic rings. The van der Waals surface area contributed by atoms with Crippen LogP contribution in [0.15, 0.2) is 29.4 Å². The van der Waals surface area contributed by atoms with Crippen molar-refractivity contribution >= 4 is 34.5 Å². The van der Waals surface area contributed by atoms with E-state index in [-0.39, 0.29) is 24.3 Å². The number of amides is 2. The Balaban J connectivity index is 1.94. The highest BCUT2D eigenvalue weighted by Crippen LogP contribution is 2.21. The zero-order chi connectivity index (χ0) is 19.9. The highest BCUT2D eigenvalue weighted by molar-refractivity contribution is 8.14. The Kier molecular flexibility index (Phi) is 7.48. The number of ether oxygens (including phenoxy) is 2. The van der Waals surface area contributed by atoms with Gasteiger partial charge >= 0.3 is 17.3 Å². The molecule has 1 aromatic carbocycles. The molecule has 27 heavy (non-hydrogen) atoms. The van der Waals surface area contributed by atoms with Gasteiger partial charge in [0.15, 0.2) is 6.79 Å². The van der Waals surface area contributed by atoms with Gasteiger partial charge in [-0.2, -0.15) is 13.2 Å². The van der Waals surface area contributed by atoms with Crippen LogP contribution < -0.4 is 5.32 Å². The molecule has 11 heteroatoms. The lowest BCUT2D eigenvalue weighted by Crippen LogP contribution is -2.30. The van der Waals surface area contributed by atoms with Gasteiger partial charge in [-0.25, -0.2) is 5.01 Å². The SMILES string of the molecule is CCCOCOC1=NN(Cc2ccc(NC(=O)C(F)(F)F)cc2)C(=O)SC1. The number of carbonyl (C=O) groups is 2. The number of anilines is 1. The summed E-state index contributed by atoms with van der Waals surface area (Å²) in [4.78, 5) is 22.9. The summed E-state index contributed by atoms with van der Waals surface area (Å²) in [5.41, 5.74) is 0.627. The first-order valence-electron chi connectivity index (χ1n) is 7.99. The minimum atomic E-state index is -4.96. The van der Waals surface area contributed by atoms with Crippen molar-refractivity contribution in [1.29, 1.82) is 0 Å². The second kappa shape index (κ2) is 9.60. The van der Waals surface area contributed by atoms with Crippen molar-refractivity contribution in [3.63, 3.8) is 0 Å². The number of thioether (sulfide) groups is 1. The molecule has 148 valence electrons. The summed E-state index contributed by atoms with van der Waals surface area (Å²) in [6.45, 7) is 2.68. The fourth-order valence-electron chi connectivity index (χ4n) is 1.95. The van der Waals surface area contributed by atoms with Crippen molar-refractivity contribution < 1.29 is 32.2 Å². The summed E-state index contributed by atoms with van der Waals surface area (Å²) in [6, 6.07) is 5.64. The molecule has 2 amide bonds. The molecular formula is C16H18F3N3O4S. The largest absolute Gasteiger partial charge is 0.471 e. The molecule has 0 radical (unpaired) electrons. The minimum absolute atomic E-state index is 0.000942. The quantitative estimate of drug-likeness (QED) is 0.554. The van der Waals surface area contributed by atoms with Crippen molar-refractivity contribution in [2.75, 3.05) is 24.5 Å². The van der Waals surface area contributed by atoms with Gasteiger partial charge in [-0.05, 0) is 24.1 Å². The maximum Gasteiger partial charge on any atom is 0.471 e. The zero-order valence-electron chi connectivity index (χ0n) is 14.4. The van der Waals surface area contributed by atoms with Gasteiger partial charge in [0.2, 0.25) is 5.90 Å². The summed E-state index contributed by atoms with van der Waals surface area (Å²) in [7, 11) is 0. The molecule has 0 atom stereocenters. The van der Waals surface area contributed by atoms with Gasteiger partial charge in [0.25, 0.3) is 0 Å². The molecule has 1 aliphatic heterocycles. The lowest BCUT2D eigenvalue weighted by atomic mass is 10.2. The number of hydrogen-bond donors (Lipinski definition) is 1. The molecule has 0 fully saturated rings. The van der Waals surface area contributed by atoms with E-state index in [9.17, 15) is 22.8 Å². The van der Waals surface area contributed by atoms with Crippen LogP contribution in [0, 0.1) is 0 Å². The summed E-state index contributed by atoms with van der Waals surface area (Å²) in [6.07, 6.45) is -4.10. The van der Waals surface area contributed by atoms with Crippen LogP contribution in [0.3, 0.4) is 0 Å². The van der Waals surface area contributed by atoms with E-state index in [1.165, 1.54) is 29.3 Å². The first kappa shape index (κ1) is 21.0. The maximum absolute atomic E-state index is 12.2. The molecule has 1 aliphatic rings. The molecule has 0 spiro atoms. The molecule has 0 aliphatic carbocycles. The Morgan fingerprint density at radius 2 is 2.04 bits per heavy atom. The Morgan fingerprint density at radius 3 is 2.67 bits per heavy atom. The van der Waals surface area contributed by atoms with Crippen LogP contribution in [-0.2, 0) is 20.8 Å². The van der Waals surface area contributed by atoms with Crippen molar-refractivity contribution in [3.8, 4) is 0 Å². The van der Waals surface area contributed by atoms with E-state index >= 15 is 0 Å². The second-order valence-electron chi connectivity index (χ2n) is 5.43. The van der Waals surface area contributed by atoms with Crippen LogP contribution in [0.2, 0.25) is 0 Å². The molecule has 7 nitrogen and oxygen atoms in total. The molecule has 1 heterocycles. The van der Waals surface area contributed by atoms with Gasteiger partial charge in [0, 0.05) is 5.69 Å². The number of alkyl halides is 3. The van der Waals surface area contributed by atoms with E-state index in [2.05, 4.69) is 5.10 Å². The number of halogens is 3. The number of hydrogen-bond acceptors (Lipinski definition) is 6. The van der Waals surface area contributed by atoms with Crippen molar-refractivity contribution in [1.82, 2.24) is 5.01 Å². The first-order chi connectivity index (χ1) is 12.8. The number of nitrogens with one attached hydrogen (secondary N) is 1. The number of hydrazone groups is 1. The molecule has 0 saturated heterocycles. The van der Waals surface area contributed by atoms with Crippen LogP contribution in [-0.4, -0.2) is 47.4 Å². The highest BCUT2D eigenvalue weighted by Gasteiger charge is 2.38. The lowest BCUT2D eigenvalue weighted by molar-refractivity contribution is -0.167. The van der Waals surface area contributed by atoms with Crippen LogP contribution in [0.1, 0.15) is 18.9 Å². The molecule has 0 saturated carbocycles. The molecule has 1 N–H and O–H groups in total. The summed E-state index contributed by atoms with van der Waals surface area (Å²) < 4.78 is 47.3. The number of nitrogens with zero attached hydrogens (tertiary/aromatic N) is 2. The number of rotatable bonds is 7. The van der Waals surface area contributed by atoms with Gasteiger partial charge in [-0.1, -0.05) is 30.8 Å². The Morgan fingerprint density at radius 1 is 1.33 bits per heavy atom. The standard InChI is InChI=1S/C16H18F3N3O4S/c1-2-7-25-10-26-13-9-27-15(24)22(21-13)8-11-3-5-12(6-4-11)20-14(23)16(17,18)19/h3-6H,2,7-10H2,1H3,(H,20,23). The van der Waals surface area contributed by atoms with E-state index in [0.29, 0.717) is 23.8 Å². The lowest BCUT2D eigenvalue weighted by Gasteiger charge is -2.22. The van der Waals surface area contributed by atoms with Gasteiger partial charge in [0.05, 0.1) is 18.9 Å². The van der Waals surface area contributed by atoms with Crippen LogP contribution in [0.5, 0.6) is 0 Å². The second-order valence-corrected chi connectivity index (χ2v) is 6.35. The van der Waals surface area contributed by atoms with E-state index in [1.54, 1.807) is 5.32 Å². The third-order valence-corrected chi connectivity index (χ3v) is 4.07. The topological polar surface area (TPSA) is 80.2 Å². The fourth-order valence-corrected chi connectivity index (χ4v) is 2.60. The maximum atomic E-state index is 12.2. The van der Waals surface area contributed by atoms with E-state index in [1.807, 2.05) is 6.92 Å². The average molecular weight is 405 g/mol. The van der Waals surface area contributed by atoms with E-state index < -0.39 is 12.1 Å². The van der Waals surface area contributed by atoms with Gasteiger partial charge in [0.1, 0.15) is 0 Å². The Bertz CT molecular complexity index is 695. The first-order valence-corrected chi connectivity index (χ1v) is 8.97. The van der Waals surface area contributed by atoms with Crippen LogP contribution in [0.4, 0.5) is 23.7 Å². The smallest absolute Gasteiger partial charge is 0.452 e. The van der Waals surface area contributed by atoms with Gasteiger partial charge < -0.3 is 14.8 Å². The average Bonchev–Trinajstić information content (AvgIpc) is 2.62. The third-order valence-electron chi connectivity index (χ3n) is 3.22. The van der Waals surface area contributed by atoms with E-state index in [4.69, 9.17) is 9.47 Å². The van der Waals surface area contributed by atoms with Gasteiger partial charge in [-0.3, -0.25) is 9.59 Å².